The zero-order chi connectivity index (χ0) is 22.9. The lowest BCUT2D eigenvalue weighted by atomic mass is 9.76. The Balaban J connectivity index is 1.88. The maximum atomic E-state index is 13.5. The fourth-order valence-electron chi connectivity index (χ4n) is 3.86. The third-order valence-electron chi connectivity index (χ3n) is 5.55. The molecule has 1 aliphatic heterocycles. The molecule has 0 bridgehead atoms. The van der Waals surface area contributed by atoms with E-state index in [9.17, 15) is 24.3 Å². The zero-order valence-corrected chi connectivity index (χ0v) is 17.2. The fraction of sp³-hybridized carbons (Fsp3) is 0.120. The summed E-state index contributed by atoms with van der Waals surface area (Å²) < 4.78 is 0. The topological polar surface area (TPSA) is 104 Å². The van der Waals surface area contributed by atoms with Crippen molar-refractivity contribution in [2.24, 2.45) is 0 Å². The van der Waals surface area contributed by atoms with Gasteiger partial charge in [-0.25, -0.2) is 0 Å². The summed E-state index contributed by atoms with van der Waals surface area (Å²) in [7, 11) is 1.23. The molecular formula is C25H20N2O5. The third kappa shape index (κ3) is 3.38. The van der Waals surface area contributed by atoms with E-state index in [1.807, 2.05) is 0 Å². The van der Waals surface area contributed by atoms with Gasteiger partial charge in [0.25, 0.3) is 17.7 Å². The van der Waals surface area contributed by atoms with Crippen molar-refractivity contribution in [2.75, 3.05) is 7.05 Å². The standard InChI is InChI=1S/C25H20N2O5/c1-27-23(30)18-14-8-9-15-19(18)25(32,24(27)31)21(20(28)16-10-4-2-5-11-16)26-22(29)17-12-6-3-7-13-17/h2-15,21,32H,1H3,(H,26,29)/t21-,25-/m0/s1. The Morgan fingerprint density at radius 2 is 1.38 bits per heavy atom. The van der Waals surface area contributed by atoms with Gasteiger partial charge >= 0.3 is 0 Å². The van der Waals surface area contributed by atoms with Crippen molar-refractivity contribution in [1.29, 1.82) is 0 Å². The summed E-state index contributed by atoms with van der Waals surface area (Å²) in [5.74, 6) is -2.90. The van der Waals surface area contributed by atoms with Crippen LogP contribution in [0.2, 0.25) is 0 Å². The van der Waals surface area contributed by atoms with E-state index in [1.54, 1.807) is 60.7 Å². The van der Waals surface area contributed by atoms with E-state index in [0.717, 1.165) is 4.90 Å². The number of aliphatic hydroxyl groups is 1. The molecule has 1 heterocycles. The van der Waals surface area contributed by atoms with E-state index < -0.39 is 35.1 Å². The Hall–Kier alpha value is -4.10. The van der Waals surface area contributed by atoms with Gasteiger partial charge < -0.3 is 10.4 Å². The molecule has 7 heteroatoms. The van der Waals surface area contributed by atoms with Crippen LogP contribution in [0.4, 0.5) is 0 Å². The van der Waals surface area contributed by atoms with Crippen LogP contribution in [-0.4, -0.2) is 46.6 Å². The van der Waals surface area contributed by atoms with E-state index >= 15 is 0 Å². The molecule has 1 aliphatic rings. The van der Waals surface area contributed by atoms with Crippen LogP contribution in [0, 0.1) is 0 Å². The molecule has 0 fully saturated rings. The van der Waals surface area contributed by atoms with Crippen LogP contribution in [-0.2, 0) is 10.4 Å². The summed E-state index contributed by atoms with van der Waals surface area (Å²) in [6.45, 7) is 0. The summed E-state index contributed by atoms with van der Waals surface area (Å²) >= 11 is 0. The van der Waals surface area contributed by atoms with Crippen molar-refractivity contribution < 1.29 is 24.3 Å². The van der Waals surface area contributed by atoms with Crippen LogP contribution in [0.3, 0.4) is 0 Å². The van der Waals surface area contributed by atoms with Crippen molar-refractivity contribution in [3.8, 4) is 0 Å². The van der Waals surface area contributed by atoms with Gasteiger partial charge in [0.15, 0.2) is 11.4 Å². The number of amides is 3. The molecule has 0 aliphatic carbocycles. The number of nitrogens with one attached hydrogen (secondary N) is 1. The first-order valence-electron chi connectivity index (χ1n) is 9.95. The Kier molecular flexibility index (Phi) is 5.42. The number of Topliss-reactive ketones (excluding diaryl/α,β-unsaturated/α-hetero) is 1. The van der Waals surface area contributed by atoms with Crippen LogP contribution >= 0.6 is 0 Å². The van der Waals surface area contributed by atoms with Crippen LogP contribution in [0.1, 0.15) is 36.6 Å². The minimum absolute atomic E-state index is 0.0317. The van der Waals surface area contributed by atoms with Gasteiger partial charge in [-0.1, -0.05) is 66.7 Å². The first-order valence-corrected chi connectivity index (χ1v) is 9.95. The van der Waals surface area contributed by atoms with Crippen molar-refractivity contribution in [2.45, 2.75) is 11.6 Å². The van der Waals surface area contributed by atoms with E-state index in [-0.39, 0.29) is 22.3 Å². The maximum absolute atomic E-state index is 13.5. The average Bonchev–Trinajstić information content (AvgIpc) is 2.85. The molecule has 4 rings (SSSR count). The third-order valence-corrected chi connectivity index (χ3v) is 5.55. The highest BCUT2D eigenvalue weighted by molar-refractivity contribution is 6.16. The van der Waals surface area contributed by atoms with Gasteiger partial charge in [-0.15, -0.1) is 0 Å². The van der Waals surface area contributed by atoms with Gasteiger partial charge in [0, 0.05) is 29.3 Å². The minimum Gasteiger partial charge on any atom is -0.373 e. The molecule has 0 spiro atoms. The molecule has 3 aromatic carbocycles. The molecule has 160 valence electrons. The van der Waals surface area contributed by atoms with E-state index in [2.05, 4.69) is 5.32 Å². The number of carbonyl (C=O) groups excluding carboxylic acids is 4. The zero-order valence-electron chi connectivity index (χ0n) is 17.2. The second-order valence-corrected chi connectivity index (χ2v) is 7.48. The van der Waals surface area contributed by atoms with Crippen molar-refractivity contribution in [3.05, 3.63) is 107 Å². The number of hydrogen-bond donors (Lipinski definition) is 2. The summed E-state index contributed by atoms with van der Waals surface area (Å²) in [4.78, 5) is 53.2. The predicted octanol–water partition coefficient (Wildman–Crippen LogP) is 2.17. The van der Waals surface area contributed by atoms with Crippen molar-refractivity contribution >= 4 is 23.5 Å². The van der Waals surface area contributed by atoms with Crippen molar-refractivity contribution in [3.63, 3.8) is 0 Å². The Bertz CT molecular complexity index is 1210. The smallest absolute Gasteiger partial charge is 0.268 e. The summed E-state index contributed by atoms with van der Waals surface area (Å²) in [5, 5.41) is 14.3. The molecule has 2 atom stereocenters. The average molecular weight is 428 g/mol. The highest BCUT2D eigenvalue weighted by Crippen LogP contribution is 2.36. The number of carbonyl (C=O) groups is 4. The SMILES string of the molecule is CN1C(=O)c2ccccc2[C@](O)([C@@H](NC(=O)c2ccccc2)C(=O)c2ccccc2)C1=O. The largest absolute Gasteiger partial charge is 0.373 e. The molecule has 3 aromatic rings. The van der Waals surface area contributed by atoms with Gasteiger partial charge in [0.1, 0.15) is 6.04 Å². The molecule has 3 amide bonds. The molecule has 0 saturated heterocycles. The quantitative estimate of drug-likeness (QED) is 0.479. The second-order valence-electron chi connectivity index (χ2n) is 7.48. The normalized spacial score (nSPS) is 18.6. The summed E-state index contributed by atoms with van der Waals surface area (Å²) in [5.41, 5.74) is -1.99. The molecule has 32 heavy (non-hydrogen) atoms. The van der Waals surface area contributed by atoms with E-state index in [4.69, 9.17) is 0 Å². The molecule has 2 N–H and O–H groups in total. The maximum Gasteiger partial charge on any atom is 0.268 e. The molecular weight excluding hydrogens is 408 g/mol. The van der Waals surface area contributed by atoms with Crippen LogP contribution in [0.25, 0.3) is 0 Å². The number of ketones is 1. The summed E-state index contributed by atoms with van der Waals surface area (Å²) in [6.07, 6.45) is 0. The number of nitrogens with zero attached hydrogens (tertiary/aromatic N) is 1. The Labute approximate surface area is 184 Å². The Morgan fingerprint density at radius 1 is 0.844 bits per heavy atom. The number of likely N-dealkylation sites (N-methyl/N-ethyl adjacent to an activating group) is 1. The number of rotatable bonds is 5. The minimum atomic E-state index is -2.49. The highest BCUT2D eigenvalue weighted by atomic mass is 16.3. The fourth-order valence-corrected chi connectivity index (χ4v) is 3.86. The predicted molar refractivity (Wildman–Crippen MR) is 116 cm³/mol. The molecule has 0 saturated carbocycles. The van der Waals surface area contributed by atoms with E-state index in [1.165, 1.54) is 31.3 Å². The number of hydrogen-bond acceptors (Lipinski definition) is 5. The highest BCUT2D eigenvalue weighted by Gasteiger charge is 2.56. The van der Waals surface area contributed by atoms with Gasteiger partial charge in [0.2, 0.25) is 0 Å². The number of fused-ring (bicyclic) bond motifs is 1. The lowest BCUT2D eigenvalue weighted by Crippen LogP contribution is -2.65. The van der Waals surface area contributed by atoms with Gasteiger partial charge in [0.05, 0.1) is 0 Å². The lowest BCUT2D eigenvalue weighted by molar-refractivity contribution is -0.151. The molecule has 0 radical (unpaired) electrons. The number of benzene rings is 3. The molecule has 0 unspecified atom stereocenters. The monoisotopic (exact) mass is 428 g/mol. The van der Waals surface area contributed by atoms with Gasteiger partial charge in [-0.05, 0) is 18.2 Å². The first-order chi connectivity index (χ1) is 15.4. The van der Waals surface area contributed by atoms with Crippen LogP contribution in [0.5, 0.6) is 0 Å². The van der Waals surface area contributed by atoms with Crippen LogP contribution < -0.4 is 5.32 Å². The first kappa shape index (κ1) is 21.1. The Morgan fingerprint density at radius 3 is 2.00 bits per heavy atom. The van der Waals surface area contributed by atoms with Gasteiger partial charge in [-0.3, -0.25) is 24.1 Å². The van der Waals surface area contributed by atoms with Crippen LogP contribution in [0.15, 0.2) is 84.9 Å². The molecule has 7 nitrogen and oxygen atoms in total. The lowest BCUT2D eigenvalue weighted by Gasteiger charge is -2.41. The van der Waals surface area contributed by atoms with Gasteiger partial charge in [-0.2, -0.15) is 0 Å². The molecule has 0 aromatic heterocycles. The summed E-state index contributed by atoms with van der Waals surface area (Å²) in [6, 6.07) is 20.6. The second kappa shape index (κ2) is 8.20. The van der Waals surface area contributed by atoms with Crippen molar-refractivity contribution in [1.82, 2.24) is 10.2 Å². The van der Waals surface area contributed by atoms with E-state index in [0.29, 0.717) is 0 Å². The number of imide groups is 1.